The first-order chi connectivity index (χ1) is 31.6. The van der Waals surface area contributed by atoms with Crippen LogP contribution in [-0.4, -0.2) is 31.2 Å². The van der Waals surface area contributed by atoms with E-state index in [4.69, 9.17) is 30.7 Å². The van der Waals surface area contributed by atoms with Gasteiger partial charge in [0.1, 0.15) is 11.7 Å². The molecule has 0 saturated carbocycles. The molecule has 8 aromatic carbocycles. The van der Waals surface area contributed by atoms with Crippen molar-refractivity contribution in [3.8, 4) is 28.7 Å². The zero-order chi connectivity index (χ0) is 43.0. The number of fused-ring (bicyclic) bond motifs is 5. The third kappa shape index (κ3) is 6.83. The maximum absolute atomic E-state index is 6.69. The molecule has 0 radical (unpaired) electrons. The van der Waals surface area contributed by atoms with Crippen LogP contribution in [0.1, 0.15) is 11.1 Å². The Morgan fingerprint density at radius 2 is 0.984 bits per heavy atom. The molecule has 0 bridgehead atoms. The lowest BCUT2D eigenvalue weighted by Gasteiger charge is -2.40. The second kappa shape index (κ2) is 16.2. The first kappa shape index (κ1) is 38.0. The smallest absolute Gasteiger partial charge is 0.238 e. The summed E-state index contributed by atoms with van der Waals surface area (Å²) in [6.45, 7) is 4.68. The van der Waals surface area contributed by atoms with Gasteiger partial charge in [0, 0.05) is 38.7 Å². The zero-order valence-corrected chi connectivity index (χ0v) is 34.6. The van der Waals surface area contributed by atoms with E-state index in [-0.39, 0.29) is 0 Å². The molecule has 3 heterocycles. The predicted molar refractivity (Wildman–Crippen MR) is 261 cm³/mol. The molecule has 1 aliphatic heterocycles. The van der Waals surface area contributed by atoms with E-state index in [1.807, 2.05) is 133 Å². The molecular weight excluding hydrogens is 787 g/mol. The van der Waals surface area contributed by atoms with E-state index in [1.165, 1.54) is 0 Å². The number of hydrogen-bond donors (Lipinski definition) is 1. The minimum atomic E-state index is 0.346. The van der Waals surface area contributed by atoms with Crippen LogP contribution in [0.15, 0.2) is 235 Å². The highest BCUT2D eigenvalue weighted by Crippen LogP contribution is 2.54. The molecule has 0 atom stereocenters. The monoisotopic (exact) mass is 825 g/mol. The van der Waals surface area contributed by atoms with Gasteiger partial charge in [-0.15, -0.1) is 0 Å². The van der Waals surface area contributed by atoms with Crippen LogP contribution in [0.25, 0.3) is 50.5 Å². The van der Waals surface area contributed by atoms with Gasteiger partial charge in [0.15, 0.2) is 17.5 Å². The number of benzene rings is 8. The fourth-order valence-corrected chi connectivity index (χ4v) is 8.40. The van der Waals surface area contributed by atoms with Crippen LogP contribution in [0, 0.1) is 0 Å². The number of amidine groups is 2. The Morgan fingerprint density at radius 1 is 0.453 bits per heavy atom. The van der Waals surface area contributed by atoms with Gasteiger partial charge in [-0.1, -0.05) is 176 Å². The van der Waals surface area contributed by atoms with Crippen LogP contribution in [0.5, 0.6) is 0 Å². The summed E-state index contributed by atoms with van der Waals surface area (Å²) < 4.78 is 2.14. The zero-order valence-electron chi connectivity index (χ0n) is 34.6. The number of rotatable bonds is 8. The Morgan fingerprint density at radius 3 is 1.62 bits per heavy atom. The maximum Gasteiger partial charge on any atom is 0.238 e. The Hall–Kier alpha value is -8.95. The molecule has 10 aromatic rings. The Balaban J connectivity index is 1.18. The average Bonchev–Trinajstić information content (AvgIpc) is 3.69. The quantitative estimate of drug-likeness (QED) is 0.121. The minimum Gasteiger partial charge on any atom is -0.383 e. The summed E-state index contributed by atoms with van der Waals surface area (Å²) in [4.78, 5) is 30.0. The molecule has 9 nitrogen and oxygen atoms in total. The lowest BCUT2D eigenvalue weighted by molar-refractivity contribution is 0.953. The van der Waals surface area contributed by atoms with Crippen molar-refractivity contribution in [1.82, 2.24) is 19.5 Å². The van der Waals surface area contributed by atoms with Crippen molar-refractivity contribution in [2.45, 2.75) is 0 Å². The summed E-state index contributed by atoms with van der Waals surface area (Å²) in [5.41, 5.74) is 16.6. The van der Waals surface area contributed by atoms with Crippen LogP contribution >= 0.6 is 0 Å². The second-order valence-corrected chi connectivity index (χ2v) is 15.3. The van der Waals surface area contributed by atoms with Crippen molar-refractivity contribution in [2.24, 2.45) is 15.7 Å². The summed E-state index contributed by atoms with van der Waals surface area (Å²) in [6.07, 6.45) is 0. The van der Waals surface area contributed by atoms with E-state index in [0.29, 0.717) is 35.1 Å². The number of aromatic nitrogens is 4. The van der Waals surface area contributed by atoms with Crippen LogP contribution in [0.2, 0.25) is 0 Å². The maximum atomic E-state index is 6.69. The Kier molecular flexibility index (Phi) is 9.59. The van der Waals surface area contributed by atoms with Gasteiger partial charge in [-0.25, -0.2) is 15.0 Å². The molecule has 2 N–H and O–H groups in total. The normalized spacial score (nSPS) is 12.6. The largest absolute Gasteiger partial charge is 0.383 e. The molecule has 0 saturated heterocycles. The fourth-order valence-electron chi connectivity index (χ4n) is 8.40. The van der Waals surface area contributed by atoms with E-state index in [9.17, 15) is 0 Å². The second-order valence-electron chi connectivity index (χ2n) is 15.3. The number of para-hydroxylation sites is 4. The van der Waals surface area contributed by atoms with Crippen molar-refractivity contribution in [3.63, 3.8) is 0 Å². The van der Waals surface area contributed by atoms with Crippen LogP contribution < -0.4 is 15.5 Å². The van der Waals surface area contributed by atoms with Crippen molar-refractivity contribution in [1.29, 1.82) is 0 Å². The van der Waals surface area contributed by atoms with Gasteiger partial charge < -0.3 is 10.6 Å². The van der Waals surface area contributed by atoms with Gasteiger partial charge in [0.25, 0.3) is 0 Å². The van der Waals surface area contributed by atoms with Gasteiger partial charge in [0.2, 0.25) is 5.95 Å². The summed E-state index contributed by atoms with van der Waals surface area (Å²) in [5, 5.41) is 2.08. The SMILES string of the molecule is C=C(/N=C(\N=C(/N)c1ccccc1)c1ccccc1)N1c2ccccc2N(c2ccccc2)c2cc3c4ccccc4n(-c4nc(-c5ccccc5)nc(-c5ccccc5)n4)c3cc21. The first-order valence-electron chi connectivity index (χ1n) is 21.0. The highest BCUT2D eigenvalue weighted by Gasteiger charge is 2.33. The predicted octanol–water partition coefficient (Wildman–Crippen LogP) is 12.5. The number of nitrogens with zero attached hydrogens (tertiary/aromatic N) is 8. The molecule has 9 heteroatoms. The molecule has 304 valence electrons. The molecule has 0 amide bonds. The van der Waals surface area contributed by atoms with Crippen molar-refractivity contribution < 1.29 is 0 Å². The third-order valence-corrected chi connectivity index (χ3v) is 11.3. The number of anilines is 5. The highest BCUT2D eigenvalue weighted by molar-refractivity contribution is 6.15. The van der Waals surface area contributed by atoms with Gasteiger partial charge in [-0.3, -0.25) is 9.47 Å². The van der Waals surface area contributed by atoms with Crippen molar-refractivity contribution >= 4 is 61.9 Å². The standard InChI is InChI=1S/C55H39N9/c1-37(57-52(39-23-9-3-10-24-39)58-51(56)38-21-7-2-8-22-38)62-46-33-19-20-34-47(46)63(42-29-15-6-16-30-42)49-35-44-43-31-17-18-32-45(43)64(48(44)36-50(49)62)55-60-53(40-25-11-4-12-26-40)59-54(61-55)41-27-13-5-14-28-41/h2-36H,1H2,(H2,56,57,58). The molecule has 0 spiro atoms. The Bertz CT molecular complexity index is 3350. The fraction of sp³-hybridized carbons (Fsp3) is 0. The van der Waals surface area contributed by atoms with E-state index >= 15 is 0 Å². The molecule has 0 fully saturated rings. The summed E-state index contributed by atoms with van der Waals surface area (Å²) in [6, 6.07) is 71.3. The topological polar surface area (TPSA) is 101 Å². The Labute approximate surface area is 370 Å². The van der Waals surface area contributed by atoms with E-state index in [1.54, 1.807) is 0 Å². The van der Waals surface area contributed by atoms with Gasteiger partial charge in [-0.2, -0.15) is 9.97 Å². The molecule has 2 aromatic heterocycles. The number of nitrogens with two attached hydrogens (primary N) is 1. The van der Waals surface area contributed by atoms with E-state index in [2.05, 4.69) is 99.8 Å². The lowest BCUT2D eigenvalue weighted by Crippen LogP contribution is -2.26. The van der Waals surface area contributed by atoms with Gasteiger partial charge in [0.05, 0.1) is 33.8 Å². The first-order valence-corrected chi connectivity index (χ1v) is 21.0. The van der Waals surface area contributed by atoms with Gasteiger partial charge in [-0.05, 0) is 42.5 Å². The average molecular weight is 826 g/mol. The van der Waals surface area contributed by atoms with E-state index < -0.39 is 0 Å². The van der Waals surface area contributed by atoms with Crippen LogP contribution in [-0.2, 0) is 0 Å². The van der Waals surface area contributed by atoms with E-state index in [0.717, 1.165) is 72.5 Å². The highest BCUT2D eigenvalue weighted by atomic mass is 15.3. The molecular formula is C55H39N9. The lowest BCUT2D eigenvalue weighted by atomic mass is 10.0. The number of hydrogen-bond acceptors (Lipinski definition) is 6. The van der Waals surface area contributed by atoms with Crippen LogP contribution in [0.4, 0.5) is 28.4 Å². The third-order valence-electron chi connectivity index (χ3n) is 11.3. The summed E-state index contributed by atoms with van der Waals surface area (Å²) in [5.74, 6) is 2.87. The molecule has 0 aliphatic carbocycles. The molecule has 0 unspecified atom stereocenters. The minimum absolute atomic E-state index is 0.346. The van der Waals surface area contributed by atoms with Crippen molar-refractivity contribution in [2.75, 3.05) is 9.80 Å². The van der Waals surface area contributed by atoms with Gasteiger partial charge >= 0.3 is 0 Å². The molecule has 64 heavy (non-hydrogen) atoms. The van der Waals surface area contributed by atoms with Crippen LogP contribution in [0.3, 0.4) is 0 Å². The molecule has 1 aliphatic rings. The number of aliphatic imine (C=N–C) groups is 2. The van der Waals surface area contributed by atoms with Crippen molar-refractivity contribution in [3.05, 3.63) is 236 Å². The molecule has 11 rings (SSSR count). The summed E-state index contributed by atoms with van der Waals surface area (Å²) >= 11 is 0. The summed E-state index contributed by atoms with van der Waals surface area (Å²) in [7, 11) is 0.